The number of nitrogens with one attached hydrogen (secondary N) is 2. The van der Waals surface area contributed by atoms with E-state index in [0.29, 0.717) is 31.6 Å². The number of rotatable bonds is 12. The van der Waals surface area contributed by atoms with Gasteiger partial charge in [-0.2, -0.15) is 0 Å². The number of aliphatic imine (C=N–C) groups is 2. The van der Waals surface area contributed by atoms with Gasteiger partial charge in [-0.25, -0.2) is 9.98 Å². The summed E-state index contributed by atoms with van der Waals surface area (Å²) in [6.45, 7) is 1.28. The number of anilines is 1. The van der Waals surface area contributed by atoms with Gasteiger partial charge in [-0.1, -0.05) is 36.4 Å². The van der Waals surface area contributed by atoms with Crippen molar-refractivity contribution in [3.63, 3.8) is 0 Å². The molecule has 0 radical (unpaired) electrons. The van der Waals surface area contributed by atoms with Crippen LogP contribution in [-0.2, 0) is 22.4 Å². The van der Waals surface area contributed by atoms with Crippen molar-refractivity contribution >= 4 is 29.9 Å². The fourth-order valence-corrected chi connectivity index (χ4v) is 4.56. The van der Waals surface area contributed by atoms with Gasteiger partial charge in [-0.15, -0.1) is 0 Å². The molecule has 0 saturated heterocycles. The molecule has 0 bridgehead atoms. The molecule has 4 rings (SSSR count). The van der Waals surface area contributed by atoms with Gasteiger partial charge < -0.3 is 21.5 Å². The standard InChI is InChI=1S/C27H34N6O3/c28-24(19-7-2-1-3-8-19)32-18-31-22-17-27(22,26(35)36)14-16-29-23(34)11-5-4-10-21-13-12-20-9-6-15-30-25(20)33-21/h1-3,7-8,12-13,18,22H,4-6,9-11,14-17H2,(H,29,34)(H,30,33)(H,35,36)(H2,28,31,32). The third-order valence-corrected chi connectivity index (χ3v) is 6.91. The minimum absolute atomic E-state index is 0.0588. The number of carboxylic acids is 1. The molecule has 190 valence electrons. The fraction of sp³-hybridized carbons (Fsp3) is 0.444. The smallest absolute Gasteiger partial charge is 0.311 e. The lowest BCUT2D eigenvalue weighted by atomic mass is 10.0. The van der Waals surface area contributed by atoms with E-state index in [1.165, 1.54) is 11.9 Å². The predicted molar refractivity (Wildman–Crippen MR) is 140 cm³/mol. The molecule has 1 aliphatic heterocycles. The quantitative estimate of drug-likeness (QED) is 0.205. The van der Waals surface area contributed by atoms with Crippen LogP contribution in [0.2, 0.25) is 0 Å². The molecule has 1 saturated carbocycles. The Morgan fingerprint density at radius 3 is 2.86 bits per heavy atom. The Morgan fingerprint density at radius 1 is 1.22 bits per heavy atom. The van der Waals surface area contributed by atoms with Crippen LogP contribution in [0.25, 0.3) is 0 Å². The number of aromatic nitrogens is 1. The van der Waals surface area contributed by atoms with Gasteiger partial charge in [-0.3, -0.25) is 14.6 Å². The molecule has 2 unspecified atom stereocenters. The van der Waals surface area contributed by atoms with Crippen LogP contribution in [0.1, 0.15) is 55.3 Å². The van der Waals surface area contributed by atoms with Crippen molar-refractivity contribution in [3.05, 3.63) is 59.3 Å². The van der Waals surface area contributed by atoms with E-state index in [-0.39, 0.29) is 11.9 Å². The summed E-state index contributed by atoms with van der Waals surface area (Å²) in [5.74, 6) is 0.368. The lowest BCUT2D eigenvalue weighted by Crippen LogP contribution is -2.29. The molecule has 2 aliphatic rings. The molecule has 1 aromatic carbocycles. The average molecular weight is 491 g/mol. The van der Waals surface area contributed by atoms with Gasteiger partial charge in [0.2, 0.25) is 5.91 Å². The van der Waals surface area contributed by atoms with Crippen LogP contribution in [0.3, 0.4) is 0 Å². The number of aryl methyl sites for hydroxylation is 2. The topological polar surface area (TPSA) is 142 Å². The monoisotopic (exact) mass is 490 g/mol. The SMILES string of the molecule is NC(=NC=NC1CC1(CCNC(=O)CCCCc1ccc2c(n1)NCCC2)C(=O)O)c1ccccc1. The first-order valence-corrected chi connectivity index (χ1v) is 12.6. The van der Waals surface area contributed by atoms with E-state index in [1.807, 2.05) is 30.3 Å². The second-order valence-corrected chi connectivity index (χ2v) is 9.47. The second kappa shape index (κ2) is 11.8. The third-order valence-electron chi connectivity index (χ3n) is 6.91. The van der Waals surface area contributed by atoms with Gasteiger partial charge in [0.25, 0.3) is 0 Å². The summed E-state index contributed by atoms with van der Waals surface area (Å²) >= 11 is 0. The molecule has 1 aromatic heterocycles. The van der Waals surface area contributed by atoms with E-state index >= 15 is 0 Å². The molecular weight excluding hydrogens is 456 g/mol. The molecule has 2 atom stereocenters. The summed E-state index contributed by atoms with van der Waals surface area (Å²) in [6.07, 6.45) is 7.20. The molecule has 0 spiro atoms. The van der Waals surface area contributed by atoms with Crippen molar-refractivity contribution < 1.29 is 14.7 Å². The van der Waals surface area contributed by atoms with E-state index in [0.717, 1.165) is 55.7 Å². The highest BCUT2D eigenvalue weighted by Crippen LogP contribution is 2.51. The van der Waals surface area contributed by atoms with Crippen LogP contribution in [-0.4, -0.2) is 53.3 Å². The molecule has 5 N–H and O–H groups in total. The zero-order valence-corrected chi connectivity index (χ0v) is 20.4. The van der Waals surface area contributed by atoms with Gasteiger partial charge in [0, 0.05) is 30.8 Å². The molecule has 1 aliphatic carbocycles. The van der Waals surface area contributed by atoms with Gasteiger partial charge in [-0.05, 0) is 56.6 Å². The molecule has 2 heterocycles. The number of fused-ring (bicyclic) bond motifs is 1. The summed E-state index contributed by atoms with van der Waals surface area (Å²) in [6, 6.07) is 13.2. The third kappa shape index (κ3) is 6.47. The maximum absolute atomic E-state index is 12.2. The second-order valence-electron chi connectivity index (χ2n) is 9.47. The number of amidine groups is 1. The number of hydrogen-bond acceptors (Lipinski definition) is 5. The average Bonchev–Trinajstić information content (AvgIpc) is 3.61. The van der Waals surface area contributed by atoms with E-state index in [1.54, 1.807) is 0 Å². The first-order chi connectivity index (χ1) is 17.5. The van der Waals surface area contributed by atoms with Gasteiger partial charge in [0.1, 0.15) is 18.0 Å². The Balaban J connectivity index is 1.15. The normalized spacial score (nSPS) is 21.0. The highest BCUT2D eigenvalue weighted by Gasteiger charge is 2.60. The highest BCUT2D eigenvalue weighted by molar-refractivity contribution is 6.01. The lowest BCUT2D eigenvalue weighted by molar-refractivity contribution is -0.144. The Hall–Kier alpha value is -3.75. The first kappa shape index (κ1) is 25.3. The number of nitrogens with two attached hydrogens (primary N) is 1. The van der Waals surface area contributed by atoms with E-state index in [4.69, 9.17) is 5.73 Å². The fourth-order valence-electron chi connectivity index (χ4n) is 4.56. The Morgan fingerprint density at radius 2 is 2.06 bits per heavy atom. The van der Waals surface area contributed by atoms with Crippen LogP contribution in [0.4, 0.5) is 5.82 Å². The first-order valence-electron chi connectivity index (χ1n) is 12.6. The molecule has 1 fully saturated rings. The van der Waals surface area contributed by atoms with Crippen LogP contribution >= 0.6 is 0 Å². The molecule has 9 nitrogen and oxygen atoms in total. The number of unbranched alkanes of at least 4 members (excludes halogenated alkanes) is 1. The minimum atomic E-state index is -0.951. The van der Waals surface area contributed by atoms with Crippen molar-refractivity contribution in [1.82, 2.24) is 10.3 Å². The van der Waals surface area contributed by atoms with Crippen molar-refractivity contribution in [1.29, 1.82) is 0 Å². The van der Waals surface area contributed by atoms with Gasteiger partial charge >= 0.3 is 5.97 Å². The Bertz CT molecular complexity index is 1130. The molecular formula is C27H34N6O3. The number of carboxylic acid groups (broad SMARTS) is 1. The number of benzene rings is 1. The molecule has 2 aromatic rings. The summed E-state index contributed by atoms with van der Waals surface area (Å²) in [4.78, 5) is 37.2. The Labute approximate surface area is 211 Å². The van der Waals surface area contributed by atoms with Gasteiger partial charge in [0.05, 0.1) is 11.5 Å². The summed E-state index contributed by atoms with van der Waals surface area (Å²) < 4.78 is 0. The number of aliphatic carboxylic acids is 1. The summed E-state index contributed by atoms with van der Waals surface area (Å²) in [5.41, 5.74) is 8.09. The van der Waals surface area contributed by atoms with Crippen molar-refractivity contribution in [2.75, 3.05) is 18.4 Å². The largest absolute Gasteiger partial charge is 0.481 e. The van der Waals surface area contributed by atoms with Crippen LogP contribution in [0, 0.1) is 5.41 Å². The van der Waals surface area contributed by atoms with Crippen molar-refractivity contribution in [2.24, 2.45) is 21.1 Å². The lowest BCUT2D eigenvalue weighted by Gasteiger charge is -2.17. The van der Waals surface area contributed by atoms with Crippen LogP contribution < -0.4 is 16.4 Å². The molecule has 1 amide bonds. The maximum atomic E-state index is 12.2. The zero-order valence-electron chi connectivity index (χ0n) is 20.4. The number of carbonyl (C=O) groups is 2. The van der Waals surface area contributed by atoms with Crippen molar-refractivity contribution in [2.45, 2.75) is 57.4 Å². The predicted octanol–water partition coefficient (Wildman–Crippen LogP) is 2.94. The summed E-state index contributed by atoms with van der Waals surface area (Å²) in [5, 5.41) is 15.9. The zero-order chi connectivity index (χ0) is 25.4. The minimum Gasteiger partial charge on any atom is -0.481 e. The van der Waals surface area contributed by atoms with Crippen LogP contribution in [0.5, 0.6) is 0 Å². The number of hydrogen-bond donors (Lipinski definition) is 4. The number of nitrogens with zero attached hydrogens (tertiary/aromatic N) is 3. The molecule has 9 heteroatoms. The number of pyridine rings is 1. The van der Waals surface area contributed by atoms with Crippen molar-refractivity contribution in [3.8, 4) is 0 Å². The van der Waals surface area contributed by atoms with Crippen LogP contribution in [0.15, 0.2) is 52.4 Å². The van der Waals surface area contributed by atoms with E-state index < -0.39 is 11.4 Å². The van der Waals surface area contributed by atoms with Gasteiger partial charge in [0.15, 0.2) is 0 Å². The summed E-state index contributed by atoms with van der Waals surface area (Å²) in [7, 11) is 0. The molecule has 36 heavy (non-hydrogen) atoms. The highest BCUT2D eigenvalue weighted by atomic mass is 16.4. The Kier molecular flexibility index (Phi) is 8.30. The number of amides is 1. The van der Waals surface area contributed by atoms with E-state index in [9.17, 15) is 14.7 Å². The van der Waals surface area contributed by atoms with E-state index in [2.05, 4.69) is 37.7 Å². The maximum Gasteiger partial charge on any atom is 0.311 e. The number of carbonyl (C=O) groups excluding carboxylic acids is 1.